The van der Waals surface area contributed by atoms with Gasteiger partial charge in [0, 0.05) is 30.7 Å². The summed E-state index contributed by atoms with van der Waals surface area (Å²) in [7, 11) is -4.33. The van der Waals surface area contributed by atoms with Crippen molar-refractivity contribution in [2.45, 2.75) is 58.1 Å². The van der Waals surface area contributed by atoms with Crippen LogP contribution in [0.1, 0.15) is 51.7 Å². The Labute approximate surface area is 179 Å². The van der Waals surface area contributed by atoms with Crippen LogP contribution in [0.25, 0.3) is 0 Å². The molecular weight excluding hydrogens is 396 g/mol. The van der Waals surface area contributed by atoms with E-state index in [4.69, 9.17) is 0 Å². The van der Waals surface area contributed by atoms with Crippen molar-refractivity contribution in [3.63, 3.8) is 0 Å². The van der Waals surface area contributed by atoms with Gasteiger partial charge in [-0.05, 0) is 98.6 Å². The lowest BCUT2D eigenvalue weighted by Crippen LogP contribution is -2.49. The third-order valence-corrected chi connectivity index (χ3v) is 8.67. The highest BCUT2D eigenvalue weighted by Gasteiger charge is 2.52. The number of pyridine rings is 2. The summed E-state index contributed by atoms with van der Waals surface area (Å²) < 4.78 is 34.7. The van der Waals surface area contributed by atoms with Crippen LogP contribution in [0.3, 0.4) is 0 Å². The van der Waals surface area contributed by atoms with Crippen LogP contribution in [0.4, 0.5) is 0 Å². The van der Waals surface area contributed by atoms with Gasteiger partial charge in [-0.1, -0.05) is 12.5 Å². The Morgan fingerprint density at radius 1 is 0.900 bits per heavy atom. The molecule has 0 fully saturated rings. The van der Waals surface area contributed by atoms with Crippen LogP contribution in [0.15, 0.2) is 71.3 Å². The summed E-state index contributed by atoms with van der Waals surface area (Å²) in [5.41, 5.74) is 6.18. The smallest absolute Gasteiger partial charge is 0.275 e. The summed E-state index contributed by atoms with van der Waals surface area (Å²) in [5.74, 6) is -0.314. The molecule has 0 aliphatic heterocycles. The molecule has 1 N–H and O–H groups in total. The Balaban J connectivity index is 1.96. The van der Waals surface area contributed by atoms with Crippen molar-refractivity contribution in [3.05, 3.63) is 82.5 Å². The summed E-state index contributed by atoms with van der Waals surface area (Å²) >= 11 is 0. The molecule has 2 unspecified atom stereocenters. The molecular formula is C24H30N2O3S. The first-order chi connectivity index (χ1) is 14.2. The summed E-state index contributed by atoms with van der Waals surface area (Å²) in [5, 5.41) is 0. The molecule has 0 saturated carbocycles. The van der Waals surface area contributed by atoms with Crippen LogP contribution in [-0.4, -0.2) is 27.7 Å². The third-order valence-electron chi connectivity index (χ3n) is 6.88. The molecule has 1 aliphatic carbocycles. The second-order valence-electron chi connectivity index (χ2n) is 8.21. The monoisotopic (exact) mass is 426 g/mol. The van der Waals surface area contributed by atoms with Crippen LogP contribution in [0.2, 0.25) is 0 Å². The SMILES string of the molecule is CC1=C(C)C(CCc2ccncc2)(S(=O)(=O)O)C(C)C(C)=C1CCc1ccncc1. The van der Waals surface area contributed by atoms with Crippen LogP contribution in [-0.2, 0) is 23.0 Å². The van der Waals surface area contributed by atoms with Crippen molar-refractivity contribution in [2.75, 3.05) is 0 Å². The molecule has 2 aromatic rings. The predicted molar refractivity (Wildman–Crippen MR) is 120 cm³/mol. The average molecular weight is 427 g/mol. The normalized spacial score (nSPS) is 22.5. The fraction of sp³-hybridized carbons (Fsp3) is 0.417. The van der Waals surface area contributed by atoms with Crippen molar-refractivity contribution < 1.29 is 13.0 Å². The van der Waals surface area contributed by atoms with Crippen molar-refractivity contribution in [3.8, 4) is 0 Å². The highest BCUT2D eigenvalue weighted by atomic mass is 32.2. The maximum absolute atomic E-state index is 12.8. The first-order valence-corrected chi connectivity index (χ1v) is 11.7. The molecule has 0 radical (unpaired) electrons. The third kappa shape index (κ3) is 4.12. The average Bonchev–Trinajstić information content (AvgIpc) is 2.73. The lowest BCUT2D eigenvalue weighted by atomic mass is 9.69. The van der Waals surface area contributed by atoms with Gasteiger partial charge in [0.2, 0.25) is 0 Å². The zero-order valence-corrected chi connectivity index (χ0v) is 18.9. The molecule has 6 heteroatoms. The van der Waals surface area contributed by atoms with E-state index in [1.54, 1.807) is 24.8 Å². The number of nitrogens with zero attached hydrogens (tertiary/aromatic N) is 2. The fourth-order valence-electron chi connectivity index (χ4n) is 4.81. The van der Waals surface area contributed by atoms with Gasteiger partial charge in [-0.25, -0.2) is 0 Å². The second kappa shape index (κ2) is 8.82. The van der Waals surface area contributed by atoms with E-state index in [9.17, 15) is 13.0 Å². The number of aromatic nitrogens is 2. The second-order valence-corrected chi connectivity index (χ2v) is 9.89. The lowest BCUT2D eigenvalue weighted by molar-refractivity contribution is 0.374. The number of rotatable bonds is 7. The molecule has 160 valence electrons. The molecule has 1 aliphatic rings. The minimum Gasteiger partial charge on any atom is -0.285 e. The van der Waals surface area contributed by atoms with Gasteiger partial charge >= 0.3 is 0 Å². The minimum absolute atomic E-state index is 0.314. The van der Waals surface area contributed by atoms with Crippen molar-refractivity contribution >= 4 is 10.1 Å². The predicted octanol–water partition coefficient (Wildman–Crippen LogP) is 4.97. The Hall–Kier alpha value is -2.31. The molecule has 3 rings (SSSR count). The Morgan fingerprint density at radius 3 is 1.90 bits per heavy atom. The molecule has 2 heterocycles. The first kappa shape index (κ1) is 22.4. The van der Waals surface area contributed by atoms with Crippen LogP contribution in [0.5, 0.6) is 0 Å². The van der Waals surface area contributed by atoms with E-state index >= 15 is 0 Å². The fourth-order valence-corrected chi connectivity index (χ4v) is 6.33. The minimum atomic E-state index is -4.33. The largest absolute Gasteiger partial charge is 0.285 e. The van der Waals surface area contributed by atoms with Crippen LogP contribution >= 0.6 is 0 Å². The van der Waals surface area contributed by atoms with E-state index in [1.807, 2.05) is 52.0 Å². The van der Waals surface area contributed by atoms with E-state index in [2.05, 4.69) is 9.97 Å². The molecule has 2 atom stereocenters. The zero-order valence-electron chi connectivity index (χ0n) is 18.1. The van der Waals surface area contributed by atoms with Gasteiger partial charge in [0.1, 0.15) is 4.75 Å². The molecule has 5 nitrogen and oxygen atoms in total. The van der Waals surface area contributed by atoms with Gasteiger partial charge in [-0.2, -0.15) is 8.42 Å². The standard InChI is InChI=1S/C24H30N2O3S/c1-17-19(3)24(30(27,28)29,12-7-22-10-15-26-16-11-22)20(4)18(2)23(17)6-5-21-8-13-25-14-9-21/h8-11,13-16,19H,5-7,12H2,1-4H3,(H,27,28,29). The summed E-state index contributed by atoms with van der Waals surface area (Å²) in [6.07, 6.45) is 9.56. The maximum atomic E-state index is 12.8. The topological polar surface area (TPSA) is 80.2 Å². The van der Waals surface area contributed by atoms with E-state index in [1.165, 1.54) is 11.1 Å². The van der Waals surface area contributed by atoms with Crippen molar-refractivity contribution in [1.82, 2.24) is 9.97 Å². The van der Waals surface area contributed by atoms with Gasteiger partial charge < -0.3 is 0 Å². The number of hydrogen-bond donors (Lipinski definition) is 1. The molecule has 30 heavy (non-hydrogen) atoms. The van der Waals surface area contributed by atoms with Gasteiger partial charge in [-0.15, -0.1) is 0 Å². The molecule has 0 bridgehead atoms. The Kier molecular flexibility index (Phi) is 6.58. The van der Waals surface area contributed by atoms with Gasteiger partial charge in [-0.3, -0.25) is 14.5 Å². The molecule has 0 aromatic carbocycles. The number of hydrogen-bond acceptors (Lipinski definition) is 4. The molecule has 0 amide bonds. The zero-order chi connectivity index (χ0) is 21.9. The maximum Gasteiger partial charge on any atom is 0.275 e. The van der Waals surface area contributed by atoms with Crippen LogP contribution in [0, 0.1) is 5.92 Å². The lowest BCUT2D eigenvalue weighted by Gasteiger charge is -2.43. The number of aryl methyl sites for hydroxylation is 2. The first-order valence-electron chi connectivity index (χ1n) is 10.3. The van der Waals surface area contributed by atoms with E-state index in [0.717, 1.165) is 35.1 Å². The van der Waals surface area contributed by atoms with Gasteiger partial charge in [0.25, 0.3) is 10.1 Å². The Morgan fingerprint density at radius 2 is 1.40 bits per heavy atom. The van der Waals surface area contributed by atoms with Crippen molar-refractivity contribution in [1.29, 1.82) is 0 Å². The van der Waals surface area contributed by atoms with E-state index in [0.29, 0.717) is 12.8 Å². The highest BCUT2D eigenvalue weighted by molar-refractivity contribution is 7.87. The van der Waals surface area contributed by atoms with Gasteiger partial charge in [0.05, 0.1) is 0 Å². The summed E-state index contributed by atoms with van der Waals surface area (Å²) in [6, 6.07) is 7.79. The quantitative estimate of drug-likeness (QED) is 0.632. The number of allylic oxidation sites excluding steroid dienone is 3. The summed E-state index contributed by atoms with van der Waals surface area (Å²) in [4.78, 5) is 8.09. The summed E-state index contributed by atoms with van der Waals surface area (Å²) in [6.45, 7) is 7.79. The van der Waals surface area contributed by atoms with Crippen molar-refractivity contribution in [2.24, 2.45) is 5.92 Å². The van der Waals surface area contributed by atoms with E-state index < -0.39 is 14.9 Å². The van der Waals surface area contributed by atoms with Crippen LogP contribution < -0.4 is 0 Å². The molecule has 2 aromatic heterocycles. The van der Waals surface area contributed by atoms with Gasteiger partial charge in [0.15, 0.2) is 0 Å². The highest BCUT2D eigenvalue weighted by Crippen LogP contribution is 2.49. The van der Waals surface area contributed by atoms with E-state index in [-0.39, 0.29) is 5.92 Å². The molecule has 0 saturated heterocycles. The Bertz CT molecular complexity index is 1060. The molecule has 0 spiro atoms.